The summed E-state index contributed by atoms with van der Waals surface area (Å²) in [5.74, 6) is 0. The summed E-state index contributed by atoms with van der Waals surface area (Å²) < 4.78 is 1.66. The molecule has 1 heterocycles. The van der Waals surface area contributed by atoms with Gasteiger partial charge >= 0.3 is 0 Å². The molecule has 0 amide bonds. The third-order valence-electron chi connectivity index (χ3n) is 2.50. The quantitative estimate of drug-likeness (QED) is 0.638. The second-order valence-corrected chi connectivity index (χ2v) is 4.08. The van der Waals surface area contributed by atoms with Gasteiger partial charge in [-0.2, -0.15) is 5.10 Å². The number of non-ortho nitro benzene ring substituents is 1. The van der Waals surface area contributed by atoms with Crippen LogP contribution in [0.5, 0.6) is 0 Å². The molecule has 0 saturated carbocycles. The predicted octanol–water partition coefficient (Wildman–Crippen LogP) is 2.50. The highest BCUT2D eigenvalue weighted by Gasteiger charge is 2.10. The van der Waals surface area contributed by atoms with Crippen LogP contribution in [0.3, 0.4) is 0 Å². The molecule has 0 radical (unpaired) electrons. The maximum absolute atomic E-state index is 10.9. The Morgan fingerprint density at radius 2 is 2.05 bits per heavy atom. The third-order valence-corrected chi connectivity index (χ3v) is 2.50. The third kappa shape index (κ3) is 3.21. The number of hydrogen-bond acceptors (Lipinski definition) is 5. The van der Waals surface area contributed by atoms with Crippen molar-refractivity contribution in [3.8, 4) is 0 Å². The molecule has 7 nitrogen and oxygen atoms in total. The summed E-state index contributed by atoms with van der Waals surface area (Å²) in [6, 6.07) is 4.83. The van der Waals surface area contributed by atoms with Crippen LogP contribution >= 0.6 is 0 Å². The van der Waals surface area contributed by atoms with Gasteiger partial charge in [0.2, 0.25) is 0 Å². The molecule has 0 aliphatic heterocycles. The van der Waals surface area contributed by atoms with Gasteiger partial charge in [0.15, 0.2) is 0 Å². The number of anilines is 3. The minimum absolute atomic E-state index is 0.0461. The maximum Gasteiger partial charge on any atom is 0.273 e. The predicted molar refractivity (Wildman–Crippen MR) is 73.8 cm³/mol. The highest BCUT2D eigenvalue weighted by atomic mass is 16.6. The van der Waals surface area contributed by atoms with E-state index in [1.165, 1.54) is 12.1 Å². The minimum Gasteiger partial charge on any atom is -0.385 e. The number of aryl methyl sites for hydroxylation is 1. The van der Waals surface area contributed by atoms with Crippen LogP contribution in [-0.4, -0.2) is 21.2 Å². The smallest absolute Gasteiger partial charge is 0.273 e. The van der Waals surface area contributed by atoms with E-state index in [0.29, 0.717) is 17.9 Å². The van der Waals surface area contributed by atoms with Crippen LogP contribution in [0, 0.1) is 10.1 Å². The first-order valence-electron chi connectivity index (χ1n) is 5.87. The van der Waals surface area contributed by atoms with E-state index in [1.54, 1.807) is 17.1 Å². The second-order valence-electron chi connectivity index (χ2n) is 4.08. The van der Waals surface area contributed by atoms with Gasteiger partial charge in [0.1, 0.15) is 0 Å². The largest absolute Gasteiger partial charge is 0.385 e. The van der Waals surface area contributed by atoms with Gasteiger partial charge in [-0.15, -0.1) is 0 Å². The molecule has 1 aromatic carbocycles. The van der Waals surface area contributed by atoms with Crippen LogP contribution in [0.15, 0.2) is 30.6 Å². The zero-order valence-electron chi connectivity index (χ0n) is 10.8. The minimum atomic E-state index is -0.407. The van der Waals surface area contributed by atoms with Crippen molar-refractivity contribution in [2.75, 3.05) is 17.2 Å². The van der Waals surface area contributed by atoms with Gasteiger partial charge in [-0.1, -0.05) is 0 Å². The zero-order chi connectivity index (χ0) is 13.8. The Kier molecular flexibility index (Phi) is 3.65. The van der Waals surface area contributed by atoms with Crippen LogP contribution in [0.1, 0.15) is 6.92 Å². The van der Waals surface area contributed by atoms with E-state index in [2.05, 4.69) is 15.7 Å². The Bertz CT molecular complexity index is 594. The SMILES string of the molecule is CCNc1cc(Nc2cnn(C)c2)cc([N+](=O)[O-])c1. The van der Waals surface area contributed by atoms with Gasteiger partial charge in [-0.05, 0) is 13.0 Å². The first-order valence-corrected chi connectivity index (χ1v) is 5.87. The summed E-state index contributed by atoms with van der Waals surface area (Å²) in [5, 5.41) is 21.1. The molecule has 0 unspecified atom stereocenters. The maximum atomic E-state index is 10.9. The van der Waals surface area contributed by atoms with Crippen molar-refractivity contribution >= 4 is 22.7 Å². The fraction of sp³-hybridized carbons (Fsp3) is 0.250. The Morgan fingerprint density at radius 3 is 2.63 bits per heavy atom. The fourth-order valence-electron chi connectivity index (χ4n) is 1.75. The molecule has 0 saturated heterocycles. The Labute approximate surface area is 110 Å². The number of nitro groups is 1. The first kappa shape index (κ1) is 12.9. The first-order chi connectivity index (χ1) is 9.08. The van der Waals surface area contributed by atoms with Crippen LogP contribution in [-0.2, 0) is 7.05 Å². The summed E-state index contributed by atoms with van der Waals surface area (Å²) in [6.45, 7) is 2.64. The highest BCUT2D eigenvalue weighted by Crippen LogP contribution is 2.26. The van der Waals surface area contributed by atoms with Crippen molar-refractivity contribution in [2.45, 2.75) is 6.92 Å². The number of aromatic nitrogens is 2. The molecule has 0 spiro atoms. The number of nitro benzene ring substituents is 1. The van der Waals surface area contributed by atoms with Crippen LogP contribution in [0.4, 0.5) is 22.7 Å². The van der Waals surface area contributed by atoms with Gasteiger partial charge < -0.3 is 10.6 Å². The molecule has 2 aromatic rings. The summed E-state index contributed by atoms with van der Waals surface area (Å²) >= 11 is 0. The molecule has 0 fully saturated rings. The highest BCUT2D eigenvalue weighted by molar-refractivity contribution is 5.68. The molecule has 2 N–H and O–H groups in total. The van der Waals surface area contributed by atoms with E-state index >= 15 is 0 Å². The number of hydrogen-bond donors (Lipinski definition) is 2. The lowest BCUT2D eigenvalue weighted by atomic mass is 10.2. The normalized spacial score (nSPS) is 10.2. The van der Waals surface area contributed by atoms with E-state index < -0.39 is 4.92 Å². The lowest BCUT2D eigenvalue weighted by Crippen LogP contribution is -1.99. The molecule has 19 heavy (non-hydrogen) atoms. The van der Waals surface area contributed by atoms with Gasteiger partial charge in [0.05, 0.1) is 16.8 Å². The topological polar surface area (TPSA) is 85.0 Å². The summed E-state index contributed by atoms with van der Waals surface area (Å²) in [6.07, 6.45) is 3.46. The van der Waals surface area contributed by atoms with Crippen molar-refractivity contribution in [2.24, 2.45) is 7.05 Å². The van der Waals surface area contributed by atoms with Crippen molar-refractivity contribution in [3.05, 3.63) is 40.7 Å². The van der Waals surface area contributed by atoms with Crippen molar-refractivity contribution in [3.63, 3.8) is 0 Å². The molecule has 0 atom stereocenters. The molecule has 100 valence electrons. The molecular weight excluding hydrogens is 246 g/mol. The average Bonchev–Trinajstić information content (AvgIpc) is 2.75. The van der Waals surface area contributed by atoms with E-state index in [1.807, 2.05) is 20.0 Å². The summed E-state index contributed by atoms with van der Waals surface area (Å²) in [5.41, 5.74) is 2.19. The van der Waals surface area contributed by atoms with Crippen molar-refractivity contribution < 1.29 is 4.92 Å². The monoisotopic (exact) mass is 261 g/mol. The van der Waals surface area contributed by atoms with Gasteiger partial charge in [-0.3, -0.25) is 14.8 Å². The van der Waals surface area contributed by atoms with E-state index in [9.17, 15) is 10.1 Å². The lowest BCUT2D eigenvalue weighted by Gasteiger charge is -2.08. The molecule has 0 bridgehead atoms. The number of benzene rings is 1. The Morgan fingerprint density at radius 1 is 1.32 bits per heavy atom. The van der Waals surface area contributed by atoms with Crippen LogP contribution in [0.2, 0.25) is 0 Å². The summed E-state index contributed by atoms with van der Waals surface area (Å²) in [7, 11) is 1.81. The van der Waals surface area contributed by atoms with Crippen LogP contribution < -0.4 is 10.6 Å². The standard InChI is InChI=1S/C12H15N5O2/c1-3-13-9-4-10(6-12(5-9)17(18)19)15-11-7-14-16(2)8-11/h4-8,13,15H,3H2,1-2H3. The second kappa shape index (κ2) is 5.38. The number of nitrogens with zero attached hydrogens (tertiary/aromatic N) is 3. The van der Waals surface area contributed by atoms with Gasteiger partial charge in [0.25, 0.3) is 5.69 Å². The summed E-state index contributed by atoms with van der Waals surface area (Å²) in [4.78, 5) is 10.5. The molecule has 1 aromatic heterocycles. The Balaban J connectivity index is 2.30. The fourth-order valence-corrected chi connectivity index (χ4v) is 1.75. The van der Waals surface area contributed by atoms with Gasteiger partial charge in [0, 0.05) is 43.3 Å². The lowest BCUT2D eigenvalue weighted by molar-refractivity contribution is -0.384. The van der Waals surface area contributed by atoms with Crippen molar-refractivity contribution in [1.29, 1.82) is 0 Å². The van der Waals surface area contributed by atoms with E-state index in [4.69, 9.17) is 0 Å². The van der Waals surface area contributed by atoms with E-state index in [-0.39, 0.29) is 5.69 Å². The van der Waals surface area contributed by atoms with E-state index in [0.717, 1.165) is 5.69 Å². The molecule has 0 aliphatic rings. The van der Waals surface area contributed by atoms with Gasteiger partial charge in [-0.25, -0.2) is 0 Å². The number of nitrogens with one attached hydrogen (secondary N) is 2. The van der Waals surface area contributed by atoms with Crippen LogP contribution in [0.25, 0.3) is 0 Å². The zero-order valence-corrected chi connectivity index (χ0v) is 10.8. The van der Waals surface area contributed by atoms with Crippen molar-refractivity contribution in [1.82, 2.24) is 9.78 Å². The Hall–Kier alpha value is -2.57. The molecule has 2 rings (SSSR count). The molecular formula is C12H15N5O2. The molecule has 7 heteroatoms. The number of rotatable bonds is 5. The molecule has 0 aliphatic carbocycles. The average molecular weight is 261 g/mol.